The minimum Gasteiger partial charge on any atom is -0.497 e. The van der Waals surface area contributed by atoms with Gasteiger partial charge in [0.2, 0.25) is 0 Å². The van der Waals surface area contributed by atoms with Crippen LogP contribution in [-0.2, 0) is 4.74 Å². The van der Waals surface area contributed by atoms with Crippen LogP contribution in [0, 0.1) is 5.41 Å². The van der Waals surface area contributed by atoms with Crippen molar-refractivity contribution >= 4 is 0 Å². The molecule has 3 nitrogen and oxygen atoms in total. The lowest BCUT2D eigenvalue weighted by atomic mass is 9.85. The van der Waals surface area contributed by atoms with Crippen molar-refractivity contribution in [3.8, 4) is 0 Å². The first-order chi connectivity index (χ1) is 7.74. The SMILES string of the molecule is CC1(CO)CCCC1NCC1CCC=CO1. The van der Waals surface area contributed by atoms with E-state index in [2.05, 4.69) is 18.3 Å². The lowest BCUT2D eigenvalue weighted by Gasteiger charge is -2.32. The largest absolute Gasteiger partial charge is 0.497 e. The van der Waals surface area contributed by atoms with Crippen LogP contribution >= 0.6 is 0 Å². The fraction of sp³-hybridized carbons (Fsp3) is 0.846. The maximum absolute atomic E-state index is 9.45. The van der Waals surface area contributed by atoms with Gasteiger partial charge in [0.25, 0.3) is 0 Å². The Morgan fingerprint density at radius 1 is 1.50 bits per heavy atom. The van der Waals surface area contributed by atoms with Crippen molar-refractivity contribution < 1.29 is 9.84 Å². The Hall–Kier alpha value is -0.540. The van der Waals surface area contributed by atoms with Crippen molar-refractivity contribution in [2.75, 3.05) is 13.2 Å². The predicted octanol–water partition coefficient (Wildman–Crippen LogP) is 1.82. The van der Waals surface area contributed by atoms with Crippen molar-refractivity contribution in [2.45, 2.75) is 51.2 Å². The number of rotatable bonds is 4. The highest BCUT2D eigenvalue weighted by Gasteiger charge is 2.38. The smallest absolute Gasteiger partial charge is 0.110 e. The van der Waals surface area contributed by atoms with Gasteiger partial charge in [-0.25, -0.2) is 0 Å². The second kappa shape index (κ2) is 5.19. The first-order valence-corrected chi connectivity index (χ1v) is 6.39. The summed E-state index contributed by atoms with van der Waals surface area (Å²) >= 11 is 0. The van der Waals surface area contributed by atoms with Crippen molar-refractivity contribution in [1.29, 1.82) is 0 Å². The molecule has 1 heterocycles. The summed E-state index contributed by atoms with van der Waals surface area (Å²) in [6.45, 7) is 3.37. The molecular formula is C13H23NO2. The van der Waals surface area contributed by atoms with Gasteiger partial charge in [-0.3, -0.25) is 0 Å². The summed E-state index contributed by atoms with van der Waals surface area (Å²) in [6.07, 6.45) is 9.96. The van der Waals surface area contributed by atoms with Gasteiger partial charge in [-0.1, -0.05) is 13.3 Å². The highest BCUT2D eigenvalue weighted by Crippen LogP contribution is 2.37. The molecule has 0 saturated heterocycles. The normalized spacial score (nSPS) is 38.6. The van der Waals surface area contributed by atoms with Crippen molar-refractivity contribution in [3.63, 3.8) is 0 Å². The van der Waals surface area contributed by atoms with E-state index < -0.39 is 0 Å². The zero-order chi connectivity index (χ0) is 11.4. The van der Waals surface area contributed by atoms with Gasteiger partial charge < -0.3 is 15.2 Å². The number of hydrogen-bond acceptors (Lipinski definition) is 3. The number of hydrogen-bond donors (Lipinski definition) is 2. The van der Waals surface area contributed by atoms with Crippen molar-refractivity contribution in [1.82, 2.24) is 5.32 Å². The van der Waals surface area contributed by atoms with Gasteiger partial charge in [-0.05, 0) is 31.8 Å². The molecule has 16 heavy (non-hydrogen) atoms. The van der Waals surface area contributed by atoms with E-state index in [1.54, 1.807) is 0 Å². The molecule has 92 valence electrons. The van der Waals surface area contributed by atoms with Crippen LogP contribution in [0.5, 0.6) is 0 Å². The van der Waals surface area contributed by atoms with E-state index in [0.29, 0.717) is 12.1 Å². The summed E-state index contributed by atoms with van der Waals surface area (Å²) in [6, 6.07) is 0.451. The van der Waals surface area contributed by atoms with E-state index in [1.807, 2.05) is 6.26 Å². The van der Waals surface area contributed by atoms with Crippen LogP contribution in [0.2, 0.25) is 0 Å². The van der Waals surface area contributed by atoms with E-state index in [1.165, 1.54) is 12.8 Å². The molecule has 0 amide bonds. The number of ether oxygens (including phenoxy) is 1. The molecule has 1 saturated carbocycles. The summed E-state index contributed by atoms with van der Waals surface area (Å²) in [5, 5.41) is 13.0. The standard InChI is InChI=1S/C13H23NO2/c1-13(10-15)7-4-6-12(13)14-9-11-5-2-3-8-16-11/h3,8,11-12,14-15H,2,4-7,9-10H2,1H3. The molecule has 1 fully saturated rings. The summed E-state index contributed by atoms with van der Waals surface area (Å²) < 4.78 is 5.53. The molecule has 3 unspecified atom stereocenters. The Morgan fingerprint density at radius 2 is 2.38 bits per heavy atom. The number of aliphatic hydroxyl groups excluding tert-OH is 1. The van der Waals surface area contributed by atoms with Gasteiger partial charge in [0.15, 0.2) is 0 Å². The third-order valence-corrected chi connectivity index (χ3v) is 4.06. The second-order valence-electron chi connectivity index (χ2n) is 5.37. The maximum atomic E-state index is 9.45. The van der Waals surface area contributed by atoms with Gasteiger partial charge in [0.1, 0.15) is 6.10 Å². The number of nitrogens with one attached hydrogen (secondary N) is 1. The van der Waals surface area contributed by atoms with E-state index in [9.17, 15) is 5.11 Å². The molecule has 3 atom stereocenters. The Morgan fingerprint density at radius 3 is 3.06 bits per heavy atom. The molecule has 0 aromatic heterocycles. The van der Waals surface area contributed by atoms with Crippen molar-refractivity contribution in [3.05, 3.63) is 12.3 Å². The van der Waals surface area contributed by atoms with Crippen molar-refractivity contribution in [2.24, 2.45) is 5.41 Å². The molecule has 2 N–H and O–H groups in total. The van der Waals surface area contributed by atoms with E-state index in [-0.39, 0.29) is 12.0 Å². The Kier molecular flexibility index (Phi) is 3.87. The Bertz CT molecular complexity index is 254. The fourth-order valence-electron chi connectivity index (χ4n) is 2.78. The van der Waals surface area contributed by atoms with Crippen LogP contribution in [0.1, 0.15) is 39.0 Å². The van der Waals surface area contributed by atoms with Gasteiger partial charge in [-0.15, -0.1) is 0 Å². The molecule has 2 rings (SSSR count). The molecular weight excluding hydrogens is 202 g/mol. The van der Waals surface area contributed by atoms with E-state index in [4.69, 9.17) is 4.74 Å². The molecule has 1 aliphatic heterocycles. The average Bonchev–Trinajstić information content (AvgIpc) is 2.70. The molecule has 0 spiro atoms. The van der Waals surface area contributed by atoms with Gasteiger partial charge >= 0.3 is 0 Å². The van der Waals surface area contributed by atoms with Crippen LogP contribution in [0.4, 0.5) is 0 Å². The van der Waals surface area contributed by atoms with Gasteiger partial charge in [0, 0.05) is 24.6 Å². The Balaban J connectivity index is 1.78. The number of aliphatic hydroxyl groups is 1. The van der Waals surface area contributed by atoms with Crippen LogP contribution in [0.25, 0.3) is 0 Å². The van der Waals surface area contributed by atoms with E-state index >= 15 is 0 Å². The van der Waals surface area contributed by atoms with Crippen LogP contribution < -0.4 is 5.32 Å². The fourth-order valence-corrected chi connectivity index (χ4v) is 2.78. The topological polar surface area (TPSA) is 41.5 Å². The third kappa shape index (κ3) is 2.58. The highest BCUT2D eigenvalue weighted by atomic mass is 16.5. The van der Waals surface area contributed by atoms with Crippen LogP contribution in [0.15, 0.2) is 12.3 Å². The summed E-state index contributed by atoms with van der Waals surface area (Å²) in [4.78, 5) is 0. The number of allylic oxidation sites excluding steroid dienone is 1. The summed E-state index contributed by atoms with van der Waals surface area (Å²) in [5.74, 6) is 0. The average molecular weight is 225 g/mol. The lowest BCUT2D eigenvalue weighted by molar-refractivity contribution is 0.0906. The molecule has 0 aromatic carbocycles. The minimum absolute atomic E-state index is 0.0739. The maximum Gasteiger partial charge on any atom is 0.110 e. The zero-order valence-corrected chi connectivity index (χ0v) is 10.1. The Labute approximate surface area is 97.9 Å². The molecule has 0 aromatic rings. The summed E-state index contributed by atoms with van der Waals surface area (Å²) in [5.41, 5.74) is 0.0739. The first-order valence-electron chi connectivity index (χ1n) is 6.39. The minimum atomic E-state index is 0.0739. The quantitative estimate of drug-likeness (QED) is 0.767. The molecule has 1 aliphatic carbocycles. The highest BCUT2D eigenvalue weighted by molar-refractivity contribution is 4.94. The first kappa shape index (κ1) is 11.9. The molecule has 2 aliphatic rings. The van der Waals surface area contributed by atoms with Gasteiger partial charge in [-0.2, -0.15) is 0 Å². The monoisotopic (exact) mass is 225 g/mol. The third-order valence-electron chi connectivity index (χ3n) is 4.06. The van der Waals surface area contributed by atoms with Gasteiger partial charge in [0.05, 0.1) is 6.26 Å². The van der Waals surface area contributed by atoms with Crippen LogP contribution in [-0.4, -0.2) is 30.4 Å². The molecule has 0 bridgehead atoms. The molecule has 0 radical (unpaired) electrons. The molecule has 3 heteroatoms. The predicted molar refractivity (Wildman–Crippen MR) is 64.1 cm³/mol. The van der Waals surface area contributed by atoms with Crippen LogP contribution in [0.3, 0.4) is 0 Å². The zero-order valence-electron chi connectivity index (χ0n) is 10.1. The van der Waals surface area contributed by atoms with E-state index in [0.717, 1.165) is 25.8 Å². The second-order valence-corrected chi connectivity index (χ2v) is 5.37. The lowest BCUT2D eigenvalue weighted by Crippen LogP contribution is -2.45. The summed E-state index contributed by atoms with van der Waals surface area (Å²) in [7, 11) is 0.